The predicted molar refractivity (Wildman–Crippen MR) is 129 cm³/mol. The van der Waals surface area contributed by atoms with Crippen LogP contribution < -0.4 is 5.32 Å². The van der Waals surface area contributed by atoms with Crippen molar-refractivity contribution >= 4 is 22.0 Å². The molecule has 10 heteroatoms. The second kappa shape index (κ2) is 15.1. The molecule has 0 aliphatic carbocycles. The molecule has 2 heterocycles. The van der Waals surface area contributed by atoms with Crippen LogP contribution in [0.15, 0.2) is 30.6 Å². The van der Waals surface area contributed by atoms with Crippen molar-refractivity contribution in [1.82, 2.24) is 19.7 Å². The van der Waals surface area contributed by atoms with Crippen LogP contribution in [0.5, 0.6) is 0 Å². The van der Waals surface area contributed by atoms with Gasteiger partial charge in [-0.25, -0.2) is 8.42 Å². The van der Waals surface area contributed by atoms with E-state index in [0.29, 0.717) is 39.3 Å². The van der Waals surface area contributed by atoms with Gasteiger partial charge in [0.1, 0.15) is 0 Å². The average molecular weight is 483 g/mol. The fourth-order valence-corrected chi connectivity index (χ4v) is 5.03. The van der Waals surface area contributed by atoms with Crippen molar-refractivity contribution in [2.75, 3.05) is 51.8 Å². The van der Waals surface area contributed by atoms with Gasteiger partial charge in [-0.15, -0.1) is 0 Å². The van der Waals surface area contributed by atoms with Crippen molar-refractivity contribution in [2.24, 2.45) is 0 Å². The minimum Gasteiger partial charge on any atom is -0.379 e. The third-order valence-electron chi connectivity index (χ3n) is 5.17. The highest BCUT2D eigenvalue weighted by atomic mass is 32.2. The zero-order valence-electron chi connectivity index (χ0n) is 19.8. The maximum Gasteiger partial charge on any atom is 0.243 e. The molecule has 1 amide bonds. The minimum atomic E-state index is -3.48. The Morgan fingerprint density at radius 1 is 1.27 bits per heavy atom. The number of unbranched alkanes of at least 4 members (excludes halogenated alkanes) is 3. The fraction of sp³-hybridized carbons (Fsp3) is 0.652. The second-order valence-electron chi connectivity index (χ2n) is 8.28. The molecule has 0 radical (unpaired) electrons. The molecule has 1 aromatic heterocycles. The van der Waals surface area contributed by atoms with Gasteiger partial charge in [-0.2, -0.15) is 0 Å². The number of hydroxylamine groups is 1. The molecule has 33 heavy (non-hydrogen) atoms. The molecule has 1 aliphatic heterocycles. The minimum absolute atomic E-state index is 0.0585. The van der Waals surface area contributed by atoms with Crippen molar-refractivity contribution in [2.45, 2.75) is 45.6 Å². The van der Waals surface area contributed by atoms with E-state index in [0.717, 1.165) is 42.4 Å². The number of nitrogens with one attached hydrogen (secondary N) is 1. The number of ether oxygens (including phenoxy) is 1. The number of carbonyl (C=O) groups excluding carboxylic acids is 1. The standard InChI is InChI=1S/C23H38N4O5S/c1-21(2)27(32-18-15-26-13-16-31-17-14-26)33(29,30)19-6-4-3-5-12-25-23(28)10-9-22-8-7-11-24-20-22/h7-11,20-21H,3-6,12-19H2,1-2H3,(H,25,28). The lowest BCUT2D eigenvalue weighted by Crippen LogP contribution is -2.42. The van der Waals surface area contributed by atoms with Crippen molar-refractivity contribution in [3.05, 3.63) is 36.2 Å². The molecule has 1 N–H and O–H groups in total. The summed E-state index contributed by atoms with van der Waals surface area (Å²) >= 11 is 0. The molecule has 1 fully saturated rings. The summed E-state index contributed by atoms with van der Waals surface area (Å²) in [5, 5.41) is 2.84. The number of carbonyl (C=O) groups is 1. The van der Waals surface area contributed by atoms with Gasteiger partial charge >= 0.3 is 0 Å². The van der Waals surface area contributed by atoms with Crippen LogP contribution in [0.1, 0.15) is 45.1 Å². The average Bonchev–Trinajstić information content (AvgIpc) is 2.80. The van der Waals surface area contributed by atoms with Gasteiger partial charge in [0.15, 0.2) is 0 Å². The Balaban J connectivity index is 1.58. The predicted octanol–water partition coefficient (Wildman–Crippen LogP) is 2.08. The van der Waals surface area contributed by atoms with Crippen LogP contribution in [0.25, 0.3) is 6.08 Å². The van der Waals surface area contributed by atoms with E-state index >= 15 is 0 Å². The maximum atomic E-state index is 12.7. The first-order valence-electron chi connectivity index (χ1n) is 11.7. The molecule has 0 aromatic carbocycles. The summed E-state index contributed by atoms with van der Waals surface area (Å²) in [6.07, 6.45) is 9.57. The molecule has 2 rings (SSSR count). The van der Waals surface area contributed by atoms with E-state index in [9.17, 15) is 13.2 Å². The molecular weight excluding hydrogens is 444 g/mol. The highest BCUT2D eigenvalue weighted by Gasteiger charge is 2.26. The van der Waals surface area contributed by atoms with Gasteiger partial charge < -0.3 is 10.1 Å². The SMILES string of the molecule is CC(C)N(OCCN1CCOCC1)S(=O)(=O)CCCCCCNC(=O)C=Cc1cccnc1. The Morgan fingerprint density at radius 3 is 2.73 bits per heavy atom. The van der Waals surface area contributed by atoms with E-state index in [1.807, 2.05) is 26.0 Å². The number of amides is 1. The highest BCUT2D eigenvalue weighted by Crippen LogP contribution is 2.12. The van der Waals surface area contributed by atoms with Crippen LogP contribution in [-0.2, 0) is 24.4 Å². The van der Waals surface area contributed by atoms with Crippen LogP contribution >= 0.6 is 0 Å². The molecule has 0 spiro atoms. The van der Waals surface area contributed by atoms with Crippen LogP contribution in [0, 0.1) is 0 Å². The molecule has 0 unspecified atom stereocenters. The van der Waals surface area contributed by atoms with E-state index in [1.165, 1.54) is 6.08 Å². The van der Waals surface area contributed by atoms with E-state index in [1.54, 1.807) is 18.5 Å². The van der Waals surface area contributed by atoms with Crippen LogP contribution in [-0.4, -0.2) is 86.5 Å². The summed E-state index contributed by atoms with van der Waals surface area (Å²) in [6, 6.07) is 3.44. The van der Waals surface area contributed by atoms with Crippen molar-refractivity contribution in [3.8, 4) is 0 Å². The van der Waals surface area contributed by atoms with Gasteiger partial charge in [0.25, 0.3) is 0 Å². The van der Waals surface area contributed by atoms with E-state index < -0.39 is 10.0 Å². The van der Waals surface area contributed by atoms with E-state index in [2.05, 4.69) is 15.2 Å². The normalized spacial score (nSPS) is 15.5. The Bertz CT molecular complexity index is 811. The number of hydrogen-bond donors (Lipinski definition) is 1. The molecule has 0 bridgehead atoms. The number of morpholine rings is 1. The fourth-order valence-electron chi connectivity index (χ4n) is 3.41. The van der Waals surface area contributed by atoms with Gasteiger partial charge in [0.05, 0.1) is 25.6 Å². The summed E-state index contributed by atoms with van der Waals surface area (Å²) in [7, 11) is -3.48. The maximum absolute atomic E-state index is 12.7. The quantitative estimate of drug-likeness (QED) is 0.232. The van der Waals surface area contributed by atoms with Crippen LogP contribution in [0.4, 0.5) is 0 Å². The lowest BCUT2D eigenvalue weighted by atomic mass is 10.2. The lowest BCUT2D eigenvalue weighted by molar-refractivity contribution is -0.116. The zero-order valence-corrected chi connectivity index (χ0v) is 20.6. The number of nitrogens with zero attached hydrogens (tertiary/aromatic N) is 3. The summed E-state index contributed by atoms with van der Waals surface area (Å²) < 4.78 is 31.9. The van der Waals surface area contributed by atoms with Gasteiger partial charge in [-0.05, 0) is 44.4 Å². The van der Waals surface area contributed by atoms with Gasteiger partial charge in [0.2, 0.25) is 15.9 Å². The third kappa shape index (κ3) is 11.2. The molecule has 9 nitrogen and oxygen atoms in total. The summed E-state index contributed by atoms with van der Waals surface area (Å²) in [4.78, 5) is 23.7. The first-order valence-corrected chi connectivity index (χ1v) is 13.3. The first kappa shape index (κ1) is 27.4. The topological polar surface area (TPSA) is 101 Å². The Labute approximate surface area is 198 Å². The second-order valence-corrected chi connectivity index (χ2v) is 10.2. The summed E-state index contributed by atoms with van der Waals surface area (Å²) in [5.74, 6) is -0.0913. The highest BCUT2D eigenvalue weighted by molar-refractivity contribution is 7.88. The Kier molecular flexibility index (Phi) is 12.6. The number of pyridine rings is 1. The summed E-state index contributed by atoms with van der Waals surface area (Å²) in [6.45, 7) is 8.33. The molecule has 1 saturated heterocycles. The number of aromatic nitrogens is 1. The van der Waals surface area contributed by atoms with Gasteiger partial charge in [0, 0.05) is 50.7 Å². The van der Waals surface area contributed by atoms with Gasteiger partial charge in [-0.1, -0.05) is 23.4 Å². The smallest absolute Gasteiger partial charge is 0.243 e. The van der Waals surface area contributed by atoms with Crippen molar-refractivity contribution < 1.29 is 22.8 Å². The first-order chi connectivity index (χ1) is 15.9. The molecule has 0 atom stereocenters. The summed E-state index contributed by atoms with van der Waals surface area (Å²) in [5.41, 5.74) is 0.870. The zero-order chi connectivity index (χ0) is 23.9. The molecule has 0 saturated carbocycles. The Morgan fingerprint density at radius 2 is 2.03 bits per heavy atom. The van der Waals surface area contributed by atoms with Gasteiger partial charge in [-0.3, -0.25) is 19.5 Å². The van der Waals surface area contributed by atoms with Crippen LogP contribution in [0.3, 0.4) is 0 Å². The number of rotatable bonds is 15. The monoisotopic (exact) mass is 482 g/mol. The molecule has 1 aliphatic rings. The largest absolute Gasteiger partial charge is 0.379 e. The third-order valence-corrected chi connectivity index (χ3v) is 7.05. The number of hydrogen-bond acceptors (Lipinski definition) is 7. The molecule has 1 aromatic rings. The van der Waals surface area contributed by atoms with Crippen molar-refractivity contribution in [3.63, 3.8) is 0 Å². The molecular formula is C23H38N4O5S. The number of sulfonamides is 1. The van der Waals surface area contributed by atoms with Crippen molar-refractivity contribution in [1.29, 1.82) is 0 Å². The van der Waals surface area contributed by atoms with E-state index in [-0.39, 0.29) is 17.7 Å². The van der Waals surface area contributed by atoms with Crippen LogP contribution in [0.2, 0.25) is 0 Å². The lowest BCUT2D eigenvalue weighted by Gasteiger charge is -2.29. The van der Waals surface area contributed by atoms with E-state index in [4.69, 9.17) is 9.57 Å². The Hall–Kier alpha value is -1.85. The molecule has 186 valence electrons.